The number of benzene rings is 3. The van der Waals surface area contributed by atoms with Crippen LogP contribution in [0.15, 0.2) is 66.7 Å². The fourth-order valence-electron chi connectivity index (χ4n) is 2.69. The Bertz CT molecular complexity index is 999. The average molecular weight is 387 g/mol. The van der Waals surface area contributed by atoms with Crippen LogP contribution in [0.5, 0.6) is 5.75 Å². The van der Waals surface area contributed by atoms with Crippen molar-refractivity contribution in [2.24, 2.45) is 0 Å². The zero-order valence-corrected chi connectivity index (χ0v) is 14.5. The van der Waals surface area contributed by atoms with Crippen molar-refractivity contribution in [2.75, 3.05) is 5.73 Å². The van der Waals surface area contributed by atoms with Gasteiger partial charge in [0.1, 0.15) is 12.4 Å². The zero-order chi connectivity index (χ0) is 20.3. The summed E-state index contributed by atoms with van der Waals surface area (Å²) < 4.78 is 43.5. The largest absolute Gasteiger partial charge is 0.487 e. The van der Waals surface area contributed by atoms with Gasteiger partial charge in [-0.2, -0.15) is 13.2 Å². The van der Waals surface area contributed by atoms with Crippen molar-refractivity contribution in [3.63, 3.8) is 0 Å². The van der Waals surface area contributed by atoms with E-state index in [1.165, 1.54) is 24.3 Å². The summed E-state index contributed by atoms with van der Waals surface area (Å²) in [7, 11) is 0. The molecule has 0 bridgehead atoms. The Morgan fingerprint density at radius 2 is 1.68 bits per heavy atom. The smallest absolute Gasteiger partial charge is 0.416 e. The summed E-state index contributed by atoms with van der Waals surface area (Å²) in [6.45, 7) is 0.0426. The molecule has 0 unspecified atom stereocenters. The molecule has 0 saturated carbocycles. The molecule has 28 heavy (non-hydrogen) atoms. The number of para-hydroxylation sites is 1. The van der Waals surface area contributed by atoms with E-state index in [1.54, 1.807) is 30.3 Å². The Morgan fingerprint density at radius 3 is 2.32 bits per heavy atom. The molecule has 0 spiro atoms. The summed E-state index contributed by atoms with van der Waals surface area (Å²) in [5.74, 6) is -0.687. The fourth-order valence-corrected chi connectivity index (χ4v) is 2.69. The van der Waals surface area contributed by atoms with E-state index >= 15 is 0 Å². The minimum atomic E-state index is -4.39. The van der Waals surface area contributed by atoms with Crippen LogP contribution in [-0.2, 0) is 12.8 Å². The molecule has 0 amide bonds. The number of carboxylic acid groups (broad SMARTS) is 1. The van der Waals surface area contributed by atoms with Crippen LogP contribution in [-0.4, -0.2) is 11.1 Å². The summed E-state index contributed by atoms with van der Waals surface area (Å²) in [5.41, 5.74) is 7.68. The standard InChI is InChI=1S/C21H16F3NO3/c22-21(23,24)16-9-7-13(8-10-16)12-28-18-6-2-5-17(19(18)25)14-3-1-4-15(11-14)20(26)27/h1-11H,12,25H2,(H,26,27). The van der Waals surface area contributed by atoms with Crippen LogP contribution in [0.25, 0.3) is 11.1 Å². The Balaban J connectivity index is 1.80. The van der Waals surface area contributed by atoms with Gasteiger partial charge in [0, 0.05) is 5.56 Å². The first-order valence-electron chi connectivity index (χ1n) is 8.27. The van der Waals surface area contributed by atoms with E-state index in [2.05, 4.69) is 0 Å². The topological polar surface area (TPSA) is 72.5 Å². The van der Waals surface area contributed by atoms with Crippen LogP contribution in [0.3, 0.4) is 0 Å². The second kappa shape index (κ2) is 7.64. The van der Waals surface area contributed by atoms with Crippen LogP contribution in [0.2, 0.25) is 0 Å². The highest BCUT2D eigenvalue weighted by molar-refractivity contribution is 5.90. The normalized spacial score (nSPS) is 11.2. The third-order valence-corrected chi connectivity index (χ3v) is 4.16. The molecule has 0 heterocycles. The van der Waals surface area contributed by atoms with Crippen molar-refractivity contribution in [2.45, 2.75) is 12.8 Å². The van der Waals surface area contributed by atoms with E-state index in [0.29, 0.717) is 28.1 Å². The molecular weight excluding hydrogens is 371 g/mol. The maximum Gasteiger partial charge on any atom is 0.416 e. The van der Waals surface area contributed by atoms with Crippen molar-refractivity contribution in [3.8, 4) is 16.9 Å². The summed E-state index contributed by atoms with van der Waals surface area (Å²) in [5, 5.41) is 9.13. The van der Waals surface area contributed by atoms with Crippen LogP contribution in [0, 0.1) is 0 Å². The van der Waals surface area contributed by atoms with Gasteiger partial charge in [-0.3, -0.25) is 0 Å². The van der Waals surface area contributed by atoms with Gasteiger partial charge in [-0.15, -0.1) is 0 Å². The number of nitrogen functional groups attached to an aromatic ring is 1. The second-order valence-electron chi connectivity index (χ2n) is 6.09. The molecule has 0 aliphatic heterocycles. The van der Waals surface area contributed by atoms with Crippen molar-refractivity contribution in [1.82, 2.24) is 0 Å². The Labute approximate surface area is 159 Å². The van der Waals surface area contributed by atoms with Crippen LogP contribution in [0.4, 0.5) is 18.9 Å². The molecule has 3 aromatic carbocycles. The maximum atomic E-state index is 12.6. The van der Waals surface area contributed by atoms with Gasteiger partial charge < -0.3 is 15.6 Å². The van der Waals surface area contributed by atoms with Crippen molar-refractivity contribution < 1.29 is 27.8 Å². The Morgan fingerprint density at radius 1 is 1.00 bits per heavy atom. The van der Waals surface area contributed by atoms with E-state index in [9.17, 15) is 18.0 Å². The lowest BCUT2D eigenvalue weighted by Crippen LogP contribution is -2.05. The lowest BCUT2D eigenvalue weighted by molar-refractivity contribution is -0.137. The minimum Gasteiger partial charge on any atom is -0.487 e. The molecule has 0 fully saturated rings. The SMILES string of the molecule is Nc1c(OCc2ccc(C(F)(F)F)cc2)cccc1-c1cccc(C(=O)O)c1. The predicted molar refractivity (Wildman–Crippen MR) is 99.0 cm³/mol. The minimum absolute atomic E-state index is 0.0426. The van der Waals surface area contributed by atoms with Gasteiger partial charge >= 0.3 is 12.1 Å². The monoisotopic (exact) mass is 387 g/mol. The lowest BCUT2D eigenvalue weighted by atomic mass is 10.0. The van der Waals surface area contributed by atoms with Gasteiger partial charge in [0.15, 0.2) is 0 Å². The van der Waals surface area contributed by atoms with Gasteiger partial charge in [-0.05, 0) is 41.5 Å². The molecule has 0 aliphatic carbocycles. The van der Waals surface area contributed by atoms with Crippen molar-refractivity contribution in [3.05, 3.63) is 83.4 Å². The summed E-state index contributed by atoms with van der Waals surface area (Å²) >= 11 is 0. The van der Waals surface area contributed by atoms with Gasteiger partial charge in [0.05, 0.1) is 16.8 Å². The zero-order valence-electron chi connectivity index (χ0n) is 14.5. The third kappa shape index (κ3) is 4.25. The molecule has 0 atom stereocenters. The first kappa shape index (κ1) is 19.3. The highest BCUT2D eigenvalue weighted by Crippen LogP contribution is 2.34. The number of rotatable bonds is 5. The average Bonchev–Trinajstić information content (AvgIpc) is 2.67. The summed E-state index contributed by atoms with van der Waals surface area (Å²) in [6.07, 6.45) is -4.39. The van der Waals surface area contributed by atoms with E-state index in [-0.39, 0.29) is 12.2 Å². The molecule has 0 aliphatic rings. The van der Waals surface area contributed by atoms with E-state index in [4.69, 9.17) is 15.6 Å². The highest BCUT2D eigenvalue weighted by atomic mass is 19.4. The van der Waals surface area contributed by atoms with Gasteiger partial charge in [0.2, 0.25) is 0 Å². The number of nitrogens with two attached hydrogens (primary N) is 1. The van der Waals surface area contributed by atoms with Gasteiger partial charge in [0.25, 0.3) is 0 Å². The van der Waals surface area contributed by atoms with Crippen LogP contribution >= 0.6 is 0 Å². The number of hydrogen-bond acceptors (Lipinski definition) is 3. The molecule has 0 saturated heterocycles. The second-order valence-corrected chi connectivity index (χ2v) is 6.09. The number of aromatic carboxylic acids is 1. The quantitative estimate of drug-likeness (QED) is 0.588. The molecule has 7 heteroatoms. The molecule has 144 valence electrons. The Kier molecular flexibility index (Phi) is 5.26. The molecule has 0 aromatic heterocycles. The van der Waals surface area contributed by atoms with Crippen LogP contribution < -0.4 is 10.5 Å². The molecule has 3 rings (SSSR count). The predicted octanol–water partition coefficient (Wildman–Crippen LogP) is 5.23. The number of ether oxygens (including phenoxy) is 1. The molecule has 3 N–H and O–H groups in total. The van der Waals surface area contributed by atoms with Crippen molar-refractivity contribution >= 4 is 11.7 Å². The number of carboxylic acids is 1. The number of hydrogen-bond donors (Lipinski definition) is 2. The third-order valence-electron chi connectivity index (χ3n) is 4.16. The van der Waals surface area contributed by atoms with Gasteiger partial charge in [-0.25, -0.2) is 4.79 Å². The number of anilines is 1. The molecule has 0 radical (unpaired) electrons. The fraction of sp³-hybridized carbons (Fsp3) is 0.0952. The molecule has 3 aromatic rings. The van der Waals surface area contributed by atoms with Crippen molar-refractivity contribution in [1.29, 1.82) is 0 Å². The number of alkyl halides is 3. The Hall–Kier alpha value is -3.48. The van der Waals surface area contributed by atoms with E-state index in [1.807, 2.05) is 0 Å². The summed E-state index contributed by atoms with van der Waals surface area (Å²) in [4.78, 5) is 11.2. The highest BCUT2D eigenvalue weighted by Gasteiger charge is 2.29. The number of carbonyl (C=O) groups is 1. The first-order chi connectivity index (χ1) is 13.3. The number of halogens is 3. The molecular formula is C21H16F3NO3. The molecule has 4 nitrogen and oxygen atoms in total. The van der Waals surface area contributed by atoms with E-state index in [0.717, 1.165) is 12.1 Å². The van der Waals surface area contributed by atoms with E-state index < -0.39 is 17.7 Å². The van der Waals surface area contributed by atoms with Crippen LogP contribution in [0.1, 0.15) is 21.5 Å². The first-order valence-corrected chi connectivity index (χ1v) is 8.27. The lowest BCUT2D eigenvalue weighted by Gasteiger charge is -2.13. The maximum absolute atomic E-state index is 12.6. The summed E-state index contributed by atoms with van der Waals surface area (Å²) in [6, 6.07) is 16.1. The van der Waals surface area contributed by atoms with Gasteiger partial charge in [-0.1, -0.05) is 36.4 Å².